The molecule has 7 nitrogen and oxygen atoms in total. The van der Waals surface area contributed by atoms with Crippen molar-refractivity contribution in [3.63, 3.8) is 0 Å². The Balaban J connectivity index is 0.00000109. The van der Waals surface area contributed by atoms with Crippen LogP contribution in [0.25, 0.3) is 22.4 Å². The Bertz CT molecular complexity index is 1190. The molecule has 0 atom stereocenters. The SMILES string of the molecule is CC.CC.COc1nc(C)cc(C)c1-c1cc(F)c(-c2c(C(N)=O)cnn2C2CCOCC2)cc1F. The number of hydrogen-bond acceptors (Lipinski definition) is 5. The molecule has 3 aromatic rings. The van der Waals surface area contributed by atoms with E-state index in [4.69, 9.17) is 15.2 Å². The number of carbonyl (C=O) groups is 1. The van der Waals surface area contributed by atoms with Crippen LogP contribution in [0.2, 0.25) is 0 Å². The van der Waals surface area contributed by atoms with Crippen LogP contribution in [0.3, 0.4) is 0 Å². The Morgan fingerprint density at radius 2 is 1.64 bits per heavy atom. The summed E-state index contributed by atoms with van der Waals surface area (Å²) >= 11 is 0. The lowest BCUT2D eigenvalue weighted by Gasteiger charge is -2.25. The van der Waals surface area contributed by atoms with Crippen LogP contribution in [0.5, 0.6) is 5.88 Å². The summed E-state index contributed by atoms with van der Waals surface area (Å²) in [5.41, 5.74) is 7.42. The molecule has 4 rings (SSSR count). The lowest BCUT2D eigenvalue weighted by atomic mass is 9.97. The Labute approximate surface area is 211 Å². The monoisotopic (exact) mass is 502 g/mol. The molecule has 9 heteroatoms. The van der Waals surface area contributed by atoms with Gasteiger partial charge < -0.3 is 15.2 Å². The molecule has 0 radical (unpaired) electrons. The molecule has 1 aliphatic rings. The number of ether oxygens (including phenoxy) is 2. The first-order valence-corrected chi connectivity index (χ1v) is 12.3. The fraction of sp³-hybridized carbons (Fsp3) is 0.444. The summed E-state index contributed by atoms with van der Waals surface area (Å²) in [7, 11) is 1.43. The van der Waals surface area contributed by atoms with Crippen molar-refractivity contribution in [2.24, 2.45) is 5.73 Å². The van der Waals surface area contributed by atoms with Gasteiger partial charge in [-0.2, -0.15) is 5.10 Å². The van der Waals surface area contributed by atoms with E-state index in [-0.39, 0.29) is 34.3 Å². The largest absolute Gasteiger partial charge is 0.481 e. The number of halogens is 2. The Morgan fingerprint density at radius 3 is 2.22 bits per heavy atom. The van der Waals surface area contributed by atoms with Crippen molar-refractivity contribution >= 4 is 5.91 Å². The molecule has 2 aromatic heterocycles. The predicted molar refractivity (Wildman–Crippen MR) is 137 cm³/mol. The molecule has 2 N–H and O–H groups in total. The number of nitrogens with two attached hydrogens (primary N) is 1. The van der Waals surface area contributed by atoms with E-state index < -0.39 is 17.5 Å². The van der Waals surface area contributed by atoms with Crippen LogP contribution in [-0.4, -0.2) is 41.0 Å². The first kappa shape index (κ1) is 28.9. The summed E-state index contributed by atoms with van der Waals surface area (Å²) in [6, 6.07) is 3.83. The van der Waals surface area contributed by atoms with Crippen LogP contribution in [0.1, 0.15) is 68.2 Å². The summed E-state index contributed by atoms with van der Waals surface area (Å²) < 4.78 is 43.1. The number of pyridine rings is 1. The zero-order valence-electron chi connectivity index (χ0n) is 22.1. The summed E-state index contributed by atoms with van der Waals surface area (Å²) in [6.45, 7) is 12.6. The van der Waals surface area contributed by atoms with Gasteiger partial charge in [0.25, 0.3) is 5.91 Å². The van der Waals surface area contributed by atoms with Crippen molar-refractivity contribution < 1.29 is 23.0 Å². The minimum atomic E-state index is -0.762. The van der Waals surface area contributed by atoms with Gasteiger partial charge in [-0.1, -0.05) is 27.7 Å². The van der Waals surface area contributed by atoms with Crippen LogP contribution >= 0.6 is 0 Å². The van der Waals surface area contributed by atoms with Gasteiger partial charge >= 0.3 is 0 Å². The van der Waals surface area contributed by atoms with Gasteiger partial charge in [0.2, 0.25) is 5.88 Å². The van der Waals surface area contributed by atoms with Gasteiger partial charge in [-0.3, -0.25) is 9.48 Å². The maximum atomic E-state index is 15.5. The van der Waals surface area contributed by atoms with Crippen LogP contribution in [-0.2, 0) is 4.74 Å². The molecular formula is C27H36F2N4O3. The van der Waals surface area contributed by atoms with E-state index in [9.17, 15) is 4.79 Å². The second-order valence-corrected chi connectivity index (χ2v) is 7.84. The van der Waals surface area contributed by atoms with Gasteiger partial charge in [-0.05, 0) is 50.5 Å². The quantitative estimate of drug-likeness (QED) is 0.461. The molecule has 3 heterocycles. The third kappa shape index (κ3) is 5.90. The van der Waals surface area contributed by atoms with Gasteiger partial charge in [-0.15, -0.1) is 0 Å². The number of amides is 1. The summed E-state index contributed by atoms with van der Waals surface area (Å²) in [5.74, 6) is -1.94. The lowest BCUT2D eigenvalue weighted by molar-refractivity contribution is 0.0667. The smallest absolute Gasteiger partial charge is 0.252 e. The molecule has 196 valence electrons. The minimum Gasteiger partial charge on any atom is -0.481 e. The minimum absolute atomic E-state index is 0.0193. The number of aromatic nitrogens is 3. The predicted octanol–water partition coefficient (Wildman–Crippen LogP) is 6.02. The van der Waals surface area contributed by atoms with Gasteiger partial charge in [0.05, 0.1) is 30.6 Å². The highest BCUT2D eigenvalue weighted by atomic mass is 19.1. The number of aryl methyl sites for hydroxylation is 2. The van der Waals surface area contributed by atoms with Crippen LogP contribution in [0.4, 0.5) is 8.78 Å². The van der Waals surface area contributed by atoms with Crippen LogP contribution in [0.15, 0.2) is 24.4 Å². The third-order valence-electron chi connectivity index (χ3n) is 5.68. The summed E-state index contributed by atoms with van der Waals surface area (Å²) in [6.07, 6.45) is 2.58. The Morgan fingerprint density at radius 1 is 1.06 bits per heavy atom. The van der Waals surface area contributed by atoms with Crippen molar-refractivity contribution in [3.05, 3.63) is 52.9 Å². The molecule has 1 fully saturated rings. The molecule has 0 aliphatic carbocycles. The number of hydrogen-bond donors (Lipinski definition) is 1. The average molecular weight is 503 g/mol. The van der Waals surface area contributed by atoms with E-state index in [1.54, 1.807) is 24.6 Å². The highest BCUT2D eigenvalue weighted by Crippen LogP contribution is 2.38. The fourth-order valence-corrected chi connectivity index (χ4v) is 4.22. The second kappa shape index (κ2) is 13.1. The summed E-state index contributed by atoms with van der Waals surface area (Å²) in [5, 5.41) is 4.28. The molecule has 1 saturated heterocycles. The third-order valence-corrected chi connectivity index (χ3v) is 5.68. The molecule has 36 heavy (non-hydrogen) atoms. The van der Waals surface area contributed by atoms with Crippen molar-refractivity contribution in [1.29, 1.82) is 0 Å². The zero-order chi connectivity index (χ0) is 27.0. The number of primary amides is 1. The van der Waals surface area contributed by atoms with Crippen molar-refractivity contribution in [2.45, 2.75) is 60.4 Å². The molecule has 1 aliphatic heterocycles. The van der Waals surface area contributed by atoms with Crippen molar-refractivity contribution in [2.75, 3.05) is 20.3 Å². The number of methoxy groups -OCH3 is 1. The average Bonchev–Trinajstić information content (AvgIpc) is 3.33. The molecule has 1 amide bonds. The van der Waals surface area contributed by atoms with Crippen LogP contribution in [0, 0.1) is 25.5 Å². The fourth-order valence-electron chi connectivity index (χ4n) is 4.22. The van der Waals surface area contributed by atoms with E-state index in [0.717, 1.165) is 12.1 Å². The normalized spacial score (nSPS) is 13.2. The molecule has 0 bridgehead atoms. The second-order valence-electron chi connectivity index (χ2n) is 7.84. The first-order valence-electron chi connectivity index (χ1n) is 12.3. The number of carbonyl (C=O) groups excluding carboxylic acids is 1. The molecule has 0 spiro atoms. The highest BCUT2D eigenvalue weighted by Gasteiger charge is 2.27. The van der Waals surface area contributed by atoms with E-state index >= 15 is 8.78 Å². The van der Waals surface area contributed by atoms with E-state index in [1.165, 1.54) is 13.3 Å². The molecule has 0 unspecified atom stereocenters. The summed E-state index contributed by atoms with van der Waals surface area (Å²) in [4.78, 5) is 16.3. The molecule has 0 saturated carbocycles. The van der Waals surface area contributed by atoms with E-state index in [0.29, 0.717) is 42.9 Å². The van der Waals surface area contributed by atoms with Gasteiger partial charge in [0.1, 0.15) is 11.6 Å². The maximum absolute atomic E-state index is 15.5. The number of rotatable bonds is 5. The molecular weight excluding hydrogens is 466 g/mol. The first-order chi connectivity index (χ1) is 17.3. The standard InChI is InChI=1S/C23H24F2N4O3.2C2H6/c1-12-8-13(2)28-23(31-3)20(12)15-9-19(25)16(10-18(15)24)21-17(22(26)30)11-27-29(21)14-4-6-32-7-5-14;2*1-2/h8-11,14H,4-7H2,1-3H3,(H2,26,30);2*1-2H3. The molecule has 1 aromatic carbocycles. The Kier molecular flexibility index (Phi) is 10.5. The van der Waals surface area contributed by atoms with Crippen molar-refractivity contribution in [3.8, 4) is 28.3 Å². The van der Waals surface area contributed by atoms with Crippen molar-refractivity contribution in [1.82, 2.24) is 14.8 Å². The van der Waals surface area contributed by atoms with Gasteiger partial charge in [-0.25, -0.2) is 13.8 Å². The highest BCUT2D eigenvalue weighted by molar-refractivity contribution is 5.99. The Hall–Kier alpha value is -3.33. The van der Waals surface area contributed by atoms with E-state index in [1.807, 2.05) is 27.7 Å². The van der Waals surface area contributed by atoms with Gasteiger partial charge in [0.15, 0.2) is 0 Å². The number of benzene rings is 1. The van der Waals surface area contributed by atoms with E-state index in [2.05, 4.69) is 10.1 Å². The number of nitrogens with zero attached hydrogens (tertiary/aromatic N) is 3. The van der Waals surface area contributed by atoms with Crippen LogP contribution < -0.4 is 10.5 Å². The zero-order valence-corrected chi connectivity index (χ0v) is 22.1. The topological polar surface area (TPSA) is 92.3 Å². The maximum Gasteiger partial charge on any atom is 0.252 e. The lowest BCUT2D eigenvalue weighted by Crippen LogP contribution is -2.22. The van der Waals surface area contributed by atoms with Gasteiger partial charge in [0, 0.05) is 35.6 Å².